The molecular weight excluding hydrogens is 423 g/mol. The minimum absolute atomic E-state index is 0.0357. The Morgan fingerprint density at radius 3 is 2.68 bits per heavy atom. The lowest BCUT2D eigenvalue weighted by Gasteiger charge is -2.10. The number of allylic oxidation sites excluding steroid dienone is 1. The van der Waals surface area contributed by atoms with E-state index in [4.69, 9.17) is 0 Å². The Morgan fingerprint density at radius 1 is 1.35 bits per heavy atom. The smallest absolute Gasteiger partial charge is 0.298 e. The van der Waals surface area contributed by atoms with Crippen LogP contribution in [0.5, 0.6) is 0 Å². The number of carbonyl (C=O) groups excluding carboxylic acids is 1. The molecule has 0 saturated heterocycles. The summed E-state index contributed by atoms with van der Waals surface area (Å²) < 4.78 is 74.4. The molecule has 0 bridgehead atoms. The van der Waals surface area contributed by atoms with Gasteiger partial charge in [-0.25, -0.2) is 13.2 Å². The van der Waals surface area contributed by atoms with Crippen LogP contribution in [0.15, 0.2) is 41.4 Å². The summed E-state index contributed by atoms with van der Waals surface area (Å²) in [7, 11) is 1.39. The van der Waals surface area contributed by atoms with Gasteiger partial charge in [0, 0.05) is 24.7 Å². The van der Waals surface area contributed by atoms with Crippen molar-refractivity contribution in [1.82, 2.24) is 14.9 Å². The summed E-state index contributed by atoms with van der Waals surface area (Å²) in [5.41, 5.74) is -1.02. The minimum Gasteiger partial charge on any atom is -0.354 e. The molecule has 2 aromatic heterocycles. The molecule has 31 heavy (non-hydrogen) atoms. The molecule has 0 atom stereocenters. The summed E-state index contributed by atoms with van der Waals surface area (Å²) in [6, 6.07) is 4.56. The number of hydrogen-bond acceptors (Lipinski definition) is 4. The highest BCUT2D eigenvalue weighted by atomic mass is 19.3. The molecule has 1 N–H and O–H groups in total. The standard InChI is InChI=1S/C20H17F5N4O2/c1-4-7-20(24,25)15-9-14(29(3)27-15)12-6-5-11(8-13(12)21)26-19(30)16-10(2)28-31-17(16)18(22)23/h4-6,8-9,18H,1,7H2,2-3H3,(H,26,30). The predicted molar refractivity (Wildman–Crippen MR) is 101 cm³/mol. The molecular formula is C20H17F5N4O2. The molecule has 0 aliphatic carbocycles. The molecule has 6 nitrogen and oxygen atoms in total. The van der Waals surface area contributed by atoms with Gasteiger partial charge >= 0.3 is 0 Å². The lowest BCUT2D eigenvalue weighted by Crippen LogP contribution is -2.14. The summed E-state index contributed by atoms with van der Waals surface area (Å²) in [4.78, 5) is 12.3. The summed E-state index contributed by atoms with van der Waals surface area (Å²) in [6.45, 7) is 4.60. The summed E-state index contributed by atoms with van der Waals surface area (Å²) in [6.07, 6.45) is -2.62. The van der Waals surface area contributed by atoms with Crippen LogP contribution >= 0.6 is 0 Å². The van der Waals surface area contributed by atoms with Crippen molar-refractivity contribution in [3.8, 4) is 11.3 Å². The maximum absolute atomic E-state index is 14.7. The molecule has 0 aliphatic heterocycles. The maximum atomic E-state index is 14.7. The van der Waals surface area contributed by atoms with Crippen molar-refractivity contribution in [1.29, 1.82) is 0 Å². The van der Waals surface area contributed by atoms with Crippen molar-refractivity contribution in [2.24, 2.45) is 7.05 Å². The van der Waals surface area contributed by atoms with Gasteiger partial charge < -0.3 is 9.84 Å². The molecule has 0 unspecified atom stereocenters. The molecule has 0 aliphatic rings. The van der Waals surface area contributed by atoms with Gasteiger partial charge in [-0.15, -0.1) is 6.58 Å². The van der Waals surface area contributed by atoms with Crippen LogP contribution in [0.2, 0.25) is 0 Å². The largest absolute Gasteiger partial charge is 0.354 e. The highest BCUT2D eigenvalue weighted by molar-refractivity contribution is 6.05. The molecule has 3 rings (SSSR count). The quantitative estimate of drug-likeness (QED) is 0.396. The van der Waals surface area contributed by atoms with Crippen LogP contribution in [0.1, 0.15) is 40.4 Å². The van der Waals surface area contributed by atoms with Gasteiger partial charge in [0.15, 0.2) is 0 Å². The minimum atomic E-state index is -3.26. The topological polar surface area (TPSA) is 73.0 Å². The van der Waals surface area contributed by atoms with Crippen molar-refractivity contribution in [3.63, 3.8) is 0 Å². The van der Waals surface area contributed by atoms with Gasteiger partial charge in [-0.05, 0) is 31.2 Å². The number of nitrogens with one attached hydrogen (secondary N) is 1. The Kier molecular flexibility index (Phi) is 5.96. The molecule has 1 amide bonds. The highest BCUT2D eigenvalue weighted by Crippen LogP contribution is 2.34. The fourth-order valence-electron chi connectivity index (χ4n) is 2.99. The predicted octanol–water partition coefficient (Wildman–Crippen LogP) is 5.38. The molecule has 3 aromatic rings. The average Bonchev–Trinajstić information content (AvgIpc) is 3.25. The average molecular weight is 440 g/mol. The van der Waals surface area contributed by atoms with Crippen LogP contribution in [0.4, 0.5) is 27.6 Å². The van der Waals surface area contributed by atoms with Crippen LogP contribution < -0.4 is 5.32 Å². The van der Waals surface area contributed by atoms with Crippen molar-refractivity contribution < 1.29 is 31.3 Å². The fraction of sp³-hybridized carbons (Fsp3) is 0.250. The van der Waals surface area contributed by atoms with E-state index in [2.05, 4.69) is 26.7 Å². The summed E-state index contributed by atoms with van der Waals surface area (Å²) in [5, 5.41) is 9.40. The SMILES string of the molecule is C=CCC(F)(F)c1cc(-c2ccc(NC(=O)c3c(C)noc3C(F)F)cc2F)n(C)n1. The van der Waals surface area contributed by atoms with E-state index in [0.29, 0.717) is 0 Å². The van der Waals surface area contributed by atoms with Gasteiger partial charge in [0.1, 0.15) is 17.1 Å². The molecule has 11 heteroatoms. The second-order valence-electron chi connectivity index (χ2n) is 6.69. The molecule has 164 valence electrons. The summed E-state index contributed by atoms with van der Waals surface area (Å²) >= 11 is 0. The fourth-order valence-corrected chi connectivity index (χ4v) is 2.99. The Morgan fingerprint density at radius 2 is 2.06 bits per heavy atom. The van der Waals surface area contributed by atoms with Crippen molar-refractivity contribution in [2.45, 2.75) is 25.7 Å². The van der Waals surface area contributed by atoms with E-state index in [0.717, 1.165) is 22.9 Å². The molecule has 1 aromatic carbocycles. The number of alkyl halides is 4. The van der Waals surface area contributed by atoms with Crippen LogP contribution in [-0.4, -0.2) is 20.8 Å². The van der Waals surface area contributed by atoms with Gasteiger partial charge in [-0.2, -0.15) is 13.9 Å². The molecule has 0 radical (unpaired) electrons. The van der Waals surface area contributed by atoms with Gasteiger partial charge in [0.25, 0.3) is 18.3 Å². The van der Waals surface area contributed by atoms with Gasteiger partial charge in [0.05, 0.1) is 11.4 Å². The zero-order chi connectivity index (χ0) is 22.9. The second-order valence-corrected chi connectivity index (χ2v) is 6.69. The third-order valence-electron chi connectivity index (χ3n) is 4.47. The normalized spacial score (nSPS) is 11.7. The first-order valence-electron chi connectivity index (χ1n) is 8.94. The number of carbonyl (C=O) groups is 1. The zero-order valence-electron chi connectivity index (χ0n) is 16.4. The first-order valence-corrected chi connectivity index (χ1v) is 8.94. The second kappa shape index (κ2) is 8.32. The number of aryl methyl sites for hydroxylation is 2. The van der Waals surface area contributed by atoms with Crippen molar-refractivity contribution in [3.05, 3.63) is 65.4 Å². The third kappa shape index (κ3) is 4.35. The number of benzene rings is 1. The van der Waals surface area contributed by atoms with Crippen LogP contribution in [0.3, 0.4) is 0 Å². The molecule has 0 saturated carbocycles. The number of amides is 1. The first-order chi connectivity index (χ1) is 14.5. The van der Waals surface area contributed by atoms with E-state index in [1.165, 1.54) is 26.1 Å². The zero-order valence-corrected chi connectivity index (χ0v) is 16.4. The molecule has 0 spiro atoms. The Bertz CT molecular complexity index is 1140. The Labute approximate surface area is 173 Å². The summed E-state index contributed by atoms with van der Waals surface area (Å²) in [5.74, 6) is -5.94. The van der Waals surface area contributed by atoms with E-state index in [1.54, 1.807) is 0 Å². The van der Waals surface area contributed by atoms with E-state index < -0.39 is 47.5 Å². The number of hydrogen-bond donors (Lipinski definition) is 1. The van der Waals surface area contributed by atoms with Crippen molar-refractivity contribution >= 4 is 11.6 Å². The monoisotopic (exact) mass is 440 g/mol. The number of nitrogens with zero attached hydrogens (tertiary/aromatic N) is 3. The lowest BCUT2D eigenvalue weighted by atomic mass is 10.1. The van der Waals surface area contributed by atoms with Crippen LogP contribution in [-0.2, 0) is 13.0 Å². The van der Waals surface area contributed by atoms with E-state index in [1.807, 2.05) is 0 Å². The van der Waals surface area contributed by atoms with Crippen LogP contribution in [0, 0.1) is 12.7 Å². The maximum Gasteiger partial charge on any atom is 0.298 e. The Hall–Kier alpha value is -3.50. The number of halogens is 5. The van der Waals surface area contributed by atoms with E-state index in [9.17, 15) is 26.7 Å². The first kappa shape index (κ1) is 22.2. The van der Waals surface area contributed by atoms with Crippen molar-refractivity contribution in [2.75, 3.05) is 5.32 Å². The third-order valence-corrected chi connectivity index (χ3v) is 4.47. The van der Waals surface area contributed by atoms with Gasteiger partial charge in [-0.3, -0.25) is 9.48 Å². The molecule has 2 heterocycles. The number of rotatable bonds is 7. The Balaban J connectivity index is 1.88. The highest BCUT2D eigenvalue weighted by Gasteiger charge is 2.34. The van der Waals surface area contributed by atoms with Gasteiger partial charge in [0.2, 0.25) is 5.76 Å². The number of aromatic nitrogens is 3. The number of anilines is 1. The van der Waals surface area contributed by atoms with Gasteiger partial charge in [-0.1, -0.05) is 11.2 Å². The lowest BCUT2D eigenvalue weighted by molar-refractivity contribution is -0.00592. The molecule has 0 fully saturated rings. The van der Waals surface area contributed by atoms with E-state index in [-0.39, 0.29) is 22.6 Å². The van der Waals surface area contributed by atoms with E-state index >= 15 is 0 Å². The van der Waals surface area contributed by atoms with Crippen LogP contribution in [0.25, 0.3) is 11.3 Å².